The Morgan fingerprint density at radius 1 is 1.05 bits per heavy atom. The van der Waals surface area contributed by atoms with E-state index in [9.17, 15) is 32.7 Å². The molecule has 3 amide bonds. The van der Waals surface area contributed by atoms with Crippen LogP contribution in [0, 0.1) is 11.2 Å². The van der Waals surface area contributed by atoms with Gasteiger partial charge >= 0.3 is 6.18 Å². The van der Waals surface area contributed by atoms with E-state index in [-0.39, 0.29) is 42.5 Å². The molecule has 2 fully saturated rings. The Morgan fingerprint density at radius 2 is 1.73 bits per heavy atom. The third-order valence-corrected chi connectivity index (χ3v) is 9.33. The third-order valence-electron chi connectivity index (χ3n) is 9.33. The molecule has 2 aromatic carbocycles. The van der Waals surface area contributed by atoms with E-state index in [2.05, 4.69) is 10.2 Å². The first-order chi connectivity index (χ1) is 19.3. The molecule has 41 heavy (non-hydrogen) atoms. The normalized spacial score (nSPS) is 24.9. The Hall–Kier alpha value is -3.31. The van der Waals surface area contributed by atoms with Crippen LogP contribution in [0.1, 0.15) is 78.6 Å². The number of imide groups is 1. The van der Waals surface area contributed by atoms with Crippen LogP contribution < -0.4 is 5.32 Å². The number of alkyl halides is 3. The Labute approximate surface area is 235 Å². The van der Waals surface area contributed by atoms with E-state index < -0.39 is 52.3 Å². The van der Waals surface area contributed by atoms with E-state index in [1.54, 1.807) is 0 Å². The van der Waals surface area contributed by atoms with Crippen molar-refractivity contribution in [2.24, 2.45) is 5.41 Å². The van der Waals surface area contributed by atoms with Gasteiger partial charge < -0.3 is 10.0 Å². The second-order valence-corrected chi connectivity index (χ2v) is 11.4. The van der Waals surface area contributed by atoms with E-state index in [1.165, 1.54) is 29.2 Å². The first-order valence-corrected chi connectivity index (χ1v) is 13.9. The lowest BCUT2D eigenvalue weighted by molar-refractivity contribution is -0.150. The van der Waals surface area contributed by atoms with Gasteiger partial charge in [0.15, 0.2) is 0 Å². The van der Waals surface area contributed by atoms with Gasteiger partial charge in [0, 0.05) is 48.2 Å². The minimum atomic E-state index is -4.41. The van der Waals surface area contributed by atoms with Gasteiger partial charge in [-0.25, -0.2) is 4.39 Å². The van der Waals surface area contributed by atoms with Crippen molar-refractivity contribution in [3.63, 3.8) is 0 Å². The standard InChI is InChI=1S/C30H33F4N3O4/c1-3-28(4-2)17-36(15-18-5-7-19(8-6-18)30(32,33)34)14-13-29(28,41)22-10-9-20-21(25(22)31)16-37(27(20)40)23-11-12-24(38)35-26(23)39/h5-10,23,41H,3-4,11-17H2,1-2H3,(H,35,38,39). The molecule has 3 heterocycles. The zero-order chi connectivity index (χ0) is 29.7. The monoisotopic (exact) mass is 575 g/mol. The summed E-state index contributed by atoms with van der Waals surface area (Å²) in [4.78, 5) is 40.5. The molecule has 2 aromatic rings. The molecule has 2 unspecified atom stereocenters. The summed E-state index contributed by atoms with van der Waals surface area (Å²) in [5, 5.41) is 14.5. The molecule has 5 rings (SSSR count). The number of nitrogens with one attached hydrogen (secondary N) is 1. The van der Waals surface area contributed by atoms with Gasteiger partial charge in [0.2, 0.25) is 11.8 Å². The molecule has 2 atom stereocenters. The first-order valence-electron chi connectivity index (χ1n) is 13.9. The lowest BCUT2D eigenvalue weighted by Gasteiger charge is -2.54. The van der Waals surface area contributed by atoms with Crippen molar-refractivity contribution < 1.29 is 37.1 Å². The SMILES string of the molecule is CCC1(CC)CN(Cc2ccc(C(F)(F)F)cc2)CCC1(O)c1ccc2c(c1F)CN(C1CCC(=O)NC1=O)C2=O. The Bertz CT molecular complexity index is 1370. The highest BCUT2D eigenvalue weighted by atomic mass is 19.4. The molecule has 3 aliphatic heterocycles. The fraction of sp³-hybridized carbons (Fsp3) is 0.500. The lowest BCUT2D eigenvalue weighted by atomic mass is 9.61. The number of hydrogen-bond acceptors (Lipinski definition) is 5. The van der Waals surface area contributed by atoms with Crippen LogP contribution in [0.4, 0.5) is 17.6 Å². The smallest absolute Gasteiger partial charge is 0.384 e. The largest absolute Gasteiger partial charge is 0.416 e. The van der Waals surface area contributed by atoms with Crippen molar-refractivity contribution >= 4 is 17.7 Å². The van der Waals surface area contributed by atoms with Gasteiger partial charge in [-0.05, 0) is 49.4 Å². The number of halogens is 4. The molecule has 2 N–H and O–H groups in total. The maximum atomic E-state index is 16.3. The summed E-state index contributed by atoms with van der Waals surface area (Å²) in [6.45, 7) is 4.89. The molecule has 11 heteroatoms. The van der Waals surface area contributed by atoms with Crippen LogP contribution in [0.5, 0.6) is 0 Å². The number of amides is 3. The molecule has 2 saturated heterocycles. The Morgan fingerprint density at radius 3 is 2.34 bits per heavy atom. The molecule has 0 saturated carbocycles. The summed E-state index contributed by atoms with van der Waals surface area (Å²) in [5.74, 6) is -2.16. The van der Waals surface area contributed by atoms with Crippen molar-refractivity contribution in [1.82, 2.24) is 15.1 Å². The minimum absolute atomic E-state index is 0.0858. The average molecular weight is 576 g/mol. The molecule has 0 bridgehead atoms. The Balaban J connectivity index is 1.40. The molecule has 220 valence electrons. The number of benzene rings is 2. The van der Waals surface area contributed by atoms with Crippen molar-refractivity contribution in [2.75, 3.05) is 13.1 Å². The van der Waals surface area contributed by atoms with E-state index in [1.807, 2.05) is 13.8 Å². The van der Waals surface area contributed by atoms with E-state index in [0.29, 0.717) is 38.0 Å². The highest BCUT2D eigenvalue weighted by molar-refractivity contribution is 6.05. The van der Waals surface area contributed by atoms with Gasteiger partial charge in [-0.3, -0.25) is 24.6 Å². The third kappa shape index (κ3) is 4.92. The molecule has 0 spiro atoms. The second-order valence-electron chi connectivity index (χ2n) is 11.4. The molecule has 3 aliphatic rings. The number of hydrogen-bond donors (Lipinski definition) is 2. The summed E-state index contributed by atoms with van der Waals surface area (Å²) >= 11 is 0. The molecule has 0 aliphatic carbocycles. The maximum absolute atomic E-state index is 16.3. The van der Waals surface area contributed by atoms with Gasteiger partial charge in [-0.15, -0.1) is 0 Å². The van der Waals surface area contributed by atoms with Crippen molar-refractivity contribution in [3.05, 3.63) is 70.0 Å². The number of nitrogens with zero attached hydrogens (tertiary/aromatic N) is 2. The van der Waals surface area contributed by atoms with Crippen molar-refractivity contribution in [1.29, 1.82) is 0 Å². The van der Waals surface area contributed by atoms with Crippen LogP contribution in [0.3, 0.4) is 0 Å². The number of piperidine rings is 2. The van der Waals surface area contributed by atoms with Gasteiger partial charge in [0.05, 0.1) is 12.1 Å². The topological polar surface area (TPSA) is 89.9 Å². The summed E-state index contributed by atoms with van der Waals surface area (Å²) in [6, 6.07) is 7.11. The zero-order valence-corrected chi connectivity index (χ0v) is 23.0. The highest BCUT2D eigenvalue weighted by Gasteiger charge is 2.54. The average Bonchev–Trinajstić information content (AvgIpc) is 3.26. The molecule has 0 aromatic heterocycles. The number of carbonyl (C=O) groups is 3. The predicted octanol–water partition coefficient (Wildman–Crippen LogP) is 4.51. The van der Waals surface area contributed by atoms with Crippen LogP contribution in [-0.4, -0.2) is 51.8 Å². The number of likely N-dealkylation sites (tertiary alicyclic amines) is 1. The zero-order valence-electron chi connectivity index (χ0n) is 23.0. The minimum Gasteiger partial charge on any atom is -0.384 e. The summed E-state index contributed by atoms with van der Waals surface area (Å²) in [6.07, 6.45) is -2.95. The molecular weight excluding hydrogens is 542 g/mol. The van der Waals surface area contributed by atoms with Crippen LogP contribution in [-0.2, 0) is 34.5 Å². The first kappa shape index (κ1) is 29.2. The highest BCUT2D eigenvalue weighted by Crippen LogP contribution is 2.52. The number of rotatable bonds is 6. The van der Waals surface area contributed by atoms with Crippen LogP contribution in [0.15, 0.2) is 36.4 Å². The van der Waals surface area contributed by atoms with E-state index >= 15 is 4.39 Å². The van der Waals surface area contributed by atoms with Crippen molar-refractivity contribution in [3.8, 4) is 0 Å². The summed E-state index contributed by atoms with van der Waals surface area (Å²) in [7, 11) is 0. The van der Waals surface area contributed by atoms with Gasteiger partial charge in [-0.1, -0.05) is 32.0 Å². The fourth-order valence-electron chi connectivity index (χ4n) is 6.82. The fourth-order valence-corrected chi connectivity index (χ4v) is 6.82. The lowest BCUT2D eigenvalue weighted by Crippen LogP contribution is -2.57. The van der Waals surface area contributed by atoms with Crippen LogP contribution in [0.2, 0.25) is 0 Å². The molecular formula is C30H33F4N3O4. The molecule has 0 radical (unpaired) electrons. The van der Waals surface area contributed by atoms with Crippen LogP contribution >= 0.6 is 0 Å². The maximum Gasteiger partial charge on any atom is 0.416 e. The number of fused-ring (bicyclic) bond motifs is 1. The van der Waals surface area contributed by atoms with Gasteiger partial charge in [0.25, 0.3) is 5.91 Å². The van der Waals surface area contributed by atoms with Crippen molar-refractivity contribution in [2.45, 2.75) is 76.9 Å². The van der Waals surface area contributed by atoms with Gasteiger partial charge in [-0.2, -0.15) is 13.2 Å². The van der Waals surface area contributed by atoms with E-state index in [4.69, 9.17) is 0 Å². The Kier molecular flexibility index (Phi) is 7.48. The second kappa shape index (κ2) is 10.5. The summed E-state index contributed by atoms with van der Waals surface area (Å²) in [5.41, 5.74) is -1.97. The predicted molar refractivity (Wildman–Crippen MR) is 141 cm³/mol. The number of carbonyl (C=O) groups excluding carboxylic acids is 3. The quantitative estimate of drug-likeness (QED) is 0.391. The molecule has 7 nitrogen and oxygen atoms in total. The van der Waals surface area contributed by atoms with Gasteiger partial charge in [0.1, 0.15) is 17.5 Å². The summed E-state index contributed by atoms with van der Waals surface area (Å²) < 4.78 is 55.2. The number of aliphatic hydroxyl groups is 1. The van der Waals surface area contributed by atoms with E-state index in [0.717, 1.165) is 12.1 Å². The van der Waals surface area contributed by atoms with Crippen LogP contribution in [0.25, 0.3) is 0 Å².